The van der Waals surface area contributed by atoms with Gasteiger partial charge in [0.2, 0.25) is 0 Å². The van der Waals surface area contributed by atoms with E-state index in [1.54, 1.807) is 6.07 Å². The lowest BCUT2D eigenvalue weighted by molar-refractivity contribution is 0.589. The number of halogens is 1. The first kappa shape index (κ1) is 6.80. The number of benzene rings is 1. The number of hydrogen-bond acceptors (Lipinski definition) is 3. The maximum absolute atomic E-state index is 12.9. The highest BCUT2D eigenvalue weighted by Crippen LogP contribution is 2.16. The van der Waals surface area contributed by atoms with E-state index in [-0.39, 0.29) is 5.56 Å². The number of aromatic nitrogens is 1. The summed E-state index contributed by atoms with van der Waals surface area (Å²) < 4.78 is 17.7. The Morgan fingerprint density at radius 3 is 3.08 bits per heavy atom. The highest BCUT2D eigenvalue weighted by molar-refractivity contribution is 5.74. The standard InChI is InChI=1S/C8H3FN2O/c9-6-2-8-7(11-4-12-8)1-5(6)3-10/h1-2,4H. The van der Waals surface area contributed by atoms with E-state index in [0.29, 0.717) is 11.1 Å². The first-order valence-corrected chi connectivity index (χ1v) is 3.24. The van der Waals surface area contributed by atoms with Crippen molar-refractivity contribution in [2.24, 2.45) is 0 Å². The van der Waals surface area contributed by atoms with Crippen molar-refractivity contribution in [1.29, 1.82) is 5.26 Å². The molecule has 0 fully saturated rings. The summed E-state index contributed by atoms with van der Waals surface area (Å²) in [6.07, 6.45) is 1.21. The Morgan fingerprint density at radius 1 is 1.50 bits per heavy atom. The lowest BCUT2D eigenvalue weighted by Crippen LogP contribution is -1.82. The summed E-state index contributed by atoms with van der Waals surface area (Å²) in [5.74, 6) is -0.582. The van der Waals surface area contributed by atoms with Crippen LogP contribution >= 0.6 is 0 Å². The molecule has 1 aromatic carbocycles. The maximum Gasteiger partial charge on any atom is 0.181 e. The van der Waals surface area contributed by atoms with Crippen LogP contribution in [0.4, 0.5) is 4.39 Å². The summed E-state index contributed by atoms with van der Waals surface area (Å²) in [5.41, 5.74) is 0.829. The smallest absolute Gasteiger partial charge is 0.181 e. The fraction of sp³-hybridized carbons (Fsp3) is 0. The molecule has 0 bridgehead atoms. The summed E-state index contributed by atoms with van der Waals surface area (Å²) in [6, 6.07) is 4.23. The van der Waals surface area contributed by atoms with Crippen molar-refractivity contribution in [3.8, 4) is 6.07 Å². The van der Waals surface area contributed by atoms with Gasteiger partial charge in [-0.2, -0.15) is 5.26 Å². The number of nitriles is 1. The fourth-order valence-electron chi connectivity index (χ4n) is 0.964. The predicted octanol–water partition coefficient (Wildman–Crippen LogP) is 1.84. The molecule has 0 atom stereocenters. The second-order valence-corrected chi connectivity index (χ2v) is 2.26. The third-order valence-electron chi connectivity index (χ3n) is 1.54. The molecule has 3 nitrogen and oxygen atoms in total. The Balaban J connectivity index is 2.84. The molecule has 2 rings (SSSR count). The van der Waals surface area contributed by atoms with Crippen LogP contribution in [0.25, 0.3) is 11.1 Å². The quantitative estimate of drug-likeness (QED) is 0.593. The molecule has 2 aromatic rings. The zero-order valence-corrected chi connectivity index (χ0v) is 5.91. The van der Waals surface area contributed by atoms with Crippen LogP contribution in [-0.4, -0.2) is 4.98 Å². The molecule has 0 radical (unpaired) electrons. The molecular formula is C8H3FN2O. The predicted molar refractivity (Wildman–Crippen MR) is 38.7 cm³/mol. The highest BCUT2D eigenvalue weighted by Gasteiger charge is 2.06. The molecule has 0 aliphatic rings. The SMILES string of the molecule is N#Cc1cc2ncoc2cc1F. The van der Waals surface area contributed by atoms with Gasteiger partial charge in [0.15, 0.2) is 12.0 Å². The molecule has 4 heteroatoms. The monoisotopic (exact) mass is 162 g/mol. The van der Waals surface area contributed by atoms with E-state index < -0.39 is 5.82 Å². The Labute approximate surface area is 67.1 Å². The van der Waals surface area contributed by atoms with Gasteiger partial charge in [0.05, 0.1) is 5.56 Å². The van der Waals surface area contributed by atoms with Crippen LogP contribution in [0.2, 0.25) is 0 Å². The van der Waals surface area contributed by atoms with Gasteiger partial charge in [-0.15, -0.1) is 0 Å². The molecule has 0 aliphatic heterocycles. The third-order valence-corrected chi connectivity index (χ3v) is 1.54. The van der Waals surface area contributed by atoms with Gasteiger partial charge in [-0.3, -0.25) is 0 Å². The summed E-state index contributed by atoms with van der Waals surface area (Å²) >= 11 is 0. The van der Waals surface area contributed by atoms with E-state index in [2.05, 4.69) is 4.98 Å². The molecule has 0 unspecified atom stereocenters. The van der Waals surface area contributed by atoms with Crippen LogP contribution in [0.15, 0.2) is 22.9 Å². The summed E-state index contributed by atoms with van der Waals surface area (Å²) in [4.78, 5) is 3.78. The van der Waals surface area contributed by atoms with E-state index in [1.165, 1.54) is 12.5 Å². The van der Waals surface area contributed by atoms with Gasteiger partial charge in [-0.1, -0.05) is 0 Å². The topological polar surface area (TPSA) is 49.8 Å². The lowest BCUT2D eigenvalue weighted by atomic mass is 10.2. The van der Waals surface area contributed by atoms with E-state index in [1.807, 2.05) is 0 Å². The third kappa shape index (κ3) is 0.839. The molecule has 12 heavy (non-hydrogen) atoms. The normalized spacial score (nSPS) is 10.0. The second-order valence-electron chi connectivity index (χ2n) is 2.26. The molecule has 1 heterocycles. The average molecular weight is 162 g/mol. The van der Waals surface area contributed by atoms with Crippen LogP contribution in [0, 0.1) is 17.1 Å². The lowest BCUT2D eigenvalue weighted by Gasteiger charge is -1.90. The minimum atomic E-state index is -0.582. The van der Waals surface area contributed by atoms with E-state index >= 15 is 0 Å². The molecule has 0 spiro atoms. The minimum absolute atomic E-state index is 0.0172. The van der Waals surface area contributed by atoms with E-state index in [0.717, 1.165) is 6.07 Å². The van der Waals surface area contributed by atoms with Gasteiger partial charge in [0, 0.05) is 6.07 Å². The average Bonchev–Trinajstić information content (AvgIpc) is 2.49. The van der Waals surface area contributed by atoms with Crippen molar-refractivity contribution >= 4 is 11.1 Å². The minimum Gasteiger partial charge on any atom is -0.443 e. The summed E-state index contributed by atoms with van der Waals surface area (Å²) in [6.45, 7) is 0. The Hall–Kier alpha value is -1.89. The Bertz CT molecular complexity index is 469. The van der Waals surface area contributed by atoms with Crippen LogP contribution in [0.5, 0.6) is 0 Å². The number of rotatable bonds is 0. The zero-order valence-electron chi connectivity index (χ0n) is 5.91. The van der Waals surface area contributed by atoms with Gasteiger partial charge in [0.1, 0.15) is 17.4 Å². The maximum atomic E-state index is 12.9. The fourth-order valence-corrected chi connectivity index (χ4v) is 0.964. The largest absolute Gasteiger partial charge is 0.443 e. The Kier molecular flexibility index (Phi) is 1.31. The van der Waals surface area contributed by atoms with Crippen molar-refractivity contribution in [3.05, 3.63) is 29.9 Å². The van der Waals surface area contributed by atoms with Gasteiger partial charge >= 0.3 is 0 Å². The van der Waals surface area contributed by atoms with Crippen molar-refractivity contribution in [2.75, 3.05) is 0 Å². The van der Waals surface area contributed by atoms with Gasteiger partial charge in [0.25, 0.3) is 0 Å². The van der Waals surface area contributed by atoms with Crippen molar-refractivity contribution in [2.45, 2.75) is 0 Å². The van der Waals surface area contributed by atoms with E-state index in [4.69, 9.17) is 9.68 Å². The Morgan fingerprint density at radius 2 is 2.33 bits per heavy atom. The number of oxazole rings is 1. The molecular weight excluding hydrogens is 159 g/mol. The number of hydrogen-bond donors (Lipinski definition) is 0. The summed E-state index contributed by atoms with van der Waals surface area (Å²) in [5, 5.41) is 8.47. The first-order chi connectivity index (χ1) is 5.81. The summed E-state index contributed by atoms with van der Waals surface area (Å²) in [7, 11) is 0. The zero-order chi connectivity index (χ0) is 8.55. The molecule has 0 amide bonds. The molecule has 0 saturated heterocycles. The van der Waals surface area contributed by atoms with Gasteiger partial charge in [-0.25, -0.2) is 9.37 Å². The van der Waals surface area contributed by atoms with Crippen LogP contribution in [0.3, 0.4) is 0 Å². The van der Waals surface area contributed by atoms with Gasteiger partial charge in [-0.05, 0) is 6.07 Å². The van der Waals surface area contributed by atoms with Crippen molar-refractivity contribution in [3.63, 3.8) is 0 Å². The number of fused-ring (bicyclic) bond motifs is 1. The number of nitrogens with zero attached hydrogens (tertiary/aromatic N) is 2. The van der Waals surface area contributed by atoms with Crippen molar-refractivity contribution < 1.29 is 8.81 Å². The molecule has 1 aromatic heterocycles. The highest BCUT2D eigenvalue weighted by atomic mass is 19.1. The first-order valence-electron chi connectivity index (χ1n) is 3.24. The molecule has 0 aliphatic carbocycles. The molecule has 58 valence electrons. The van der Waals surface area contributed by atoms with E-state index in [9.17, 15) is 4.39 Å². The van der Waals surface area contributed by atoms with Gasteiger partial charge < -0.3 is 4.42 Å². The van der Waals surface area contributed by atoms with Crippen molar-refractivity contribution in [1.82, 2.24) is 4.98 Å². The molecule has 0 N–H and O–H groups in total. The molecule has 0 saturated carbocycles. The van der Waals surface area contributed by atoms with Crippen LogP contribution in [-0.2, 0) is 0 Å². The van der Waals surface area contributed by atoms with Crippen LogP contribution < -0.4 is 0 Å². The second kappa shape index (κ2) is 2.31. The van der Waals surface area contributed by atoms with Crippen LogP contribution in [0.1, 0.15) is 5.56 Å².